The van der Waals surface area contributed by atoms with E-state index in [0.717, 1.165) is 0 Å². The third-order valence-electron chi connectivity index (χ3n) is 3.19. The Balaban J connectivity index is 2.47. The molecule has 0 aliphatic carbocycles. The molecule has 4 N–H and O–H groups in total. The maximum absolute atomic E-state index is 11.8. The summed E-state index contributed by atoms with van der Waals surface area (Å²) in [6.45, 7) is 1.60. The highest BCUT2D eigenvalue weighted by molar-refractivity contribution is 6.52. The Bertz CT molecular complexity index is 609. The number of ketones is 1. The van der Waals surface area contributed by atoms with Crippen LogP contribution in [0.15, 0.2) is 12.1 Å². The van der Waals surface area contributed by atoms with Crippen LogP contribution in [0.5, 0.6) is 0 Å². The second-order valence-corrected chi connectivity index (χ2v) is 4.61. The van der Waals surface area contributed by atoms with Crippen molar-refractivity contribution in [2.24, 2.45) is 0 Å². The Morgan fingerprint density at radius 1 is 1.30 bits per heavy atom. The van der Waals surface area contributed by atoms with Gasteiger partial charge in [0.1, 0.15) is 6.10 Å². The fourth-order valence-corrected chi connectivity index (χ4v) is 2.23. The number of aryl methyl sites for hydroxylation is 1. The van der Waals surface area contributed by atoms with Crippen molar-refractivity contribution in [1.29, 1.82) is 0 Å². The van der Waals surface area contributed by atoms with E-state index in [1.807, 2.05) is 0 Å². The van der Waals surface area contributed by atoms with E-state index in [4.69, 9.17) is 5.11 Å². The summed E-state index contributed by atoms with van der Waals surface area (Å²) in [5.74, 6) is -2.89. The van der Waals surface area contributed by atoms with E-state index in [9.17, 15) is 24.6 Å². The SMILES string of the molecule is Cc1ccc2c(c1C(O)C(O)CC(=O)O)C(=O)C(=O)N2. The zero-order valence-electron chi connectivity index (χ0n) is 10.6. The fraction of sp³-hybridized carbons (Fsp3) is 0.308. The van der Waals surface area contributed by atoms with Gasteiger partial charge in [0.25, 0.3) is 11.7 Å². The first-order chi connectivity index (χ1) is 9.32. The molecule has 0 aromatic heterocycles. The molecule has 1 aromatic rings. The highest BCUT2D eigenvalue weighted by Crippen LogP contribution is 2.34. The van der Waals surface area contributed by atoms with E-state index >= 15 is 0 Å². The molecule has 0 spiro atoms. The maximum Gasteiger partial charge on any atom is 0.306 e. The molecule has 1 heterocycles. The Hall–Kier alpha value is -2.25. The summed E-state index contributed by atoms with van der Waals surface area (Å²) >= 11 is 0. The molecule has 1 aromatic carbocycles. The maximum atomic E-state index is 11.8. The second kappa shape index (κ2) is 5.03. The van der Waals surface area contributed by atoms with E-state index < -0.39 is 36.3 Å². The number of benzene rings is 1. The molecule has 20 heavy (non-hydrogen) atoms. The largest absolute Gasteiger partial charge is 0.481 e. The van der Waals surface area contributed by atoms with Gasteiger partial charge in [0.05, 0.1) is 23.8 Å². The zero-order valence-corrected chi connectivity index (χ0v) is 10.6. The van der Waals surface area contributed by atoms with Crippen LogP contribution in [0.25, 0.3) is 0 Å². The Morgan fingerprint density at radius 3 is 2.55 bits per heavy atom. The van der Waals surface area contributed by atoms with Crippen LogP contribution in [0, 0.1) is 6.92 Å². The van der Waals surface area contributed by atoms with Gasteiger partial charge in [-0.1, -0.05) is 6.07 Å². The molecule has 106 valence electrons. The molecule has 1 aliphatic heterocycles. The number of hydrogen-bond acceptors (Lipinski definition) is 5. The number of rotatable bonds is 4. The van der Waals surface area contributed by atoms with Gasteiger partial charge in [-0.05, 0) is 24.1 Å². The van der Waals surface area contributed by atoms with Crippen molar-refractivity contribution in [3.05, 3.63) is 28.8 Å². The predicted molar refractivity (Wildman–Crippen MR) is 67.4 cm³/mol. The van der Waals surface area contributed by atoms with Gasteiger partial charge >= 0.3 is 5.97 Å². The molecule has 2 atom stereocenters. The molecule has 0 saturated heterocycles. The van der Waals surface area contributed by atoms with Gasteiger partial charge in [0.2, 0.25) is 0 Å². The first kappa shape index (κ1) is 14.2. The number of aliphatic hydroxyl groups excluding tert-OH is 2. The third-order valence-corrected chi connectivity index (χ3v) is 3.19. The molecule has 1 amide bonds. The third kappa shape index (κ3) is 2.28. The van der Waals surface area contributed by atoms with Crippen LogP contribution >= 0.6 is 0 Å². The summed E-state index contributed by atoms with van der Waals surface area (Å²) < 4.78 is 0. The van der Waals surface area contributed by atoms with Crippen molar-refractivity contribution in [2.75, 3.05) is 5.32 Å². The highest BCUT2D eigenvalue weighted by atomic mass is 16.4. The zero-order chi connectivity index (χ0) is 15.0. The van der Waals surface area contributed by atoms with Crippen molar-refractivity contribution in [1.82, 2.24) is 0 Å². The number of hydrogen-bond donors (Lipinski definition) is 4. The number of anilines is 1. The number of aliphatic carboxylic acids is 1. The number of aliphatic hydroxyl groups is 2. The summed E-state index contributed by atoms with van der Waals surface area (Å²) in [4.78, 5) is 33.7. The Kier molecular flexibility index (Phi) is 3.56. The number of carboxylic acids is 1. The fourth-order valence-electron chi connectivity index (χ4n) is 2.23. The average molecular weight is 279 g/mol. The van der Waals surface area contributed by atoms with Crippen molar-refractivity contribution in [2.45, 2.75) is 25.6 Å². The van der Waals surface area contributed by atoms with Gasteiger partial charge in [-0.15, -0.1) is 0 Å². The van der Waals surface area contributed by atoms with Crippen molar-refractivity contribution in [3.8, 4) is 0 Å². The highest BCUT2D eigenvalue weighted by Gasteiger charge is 2.35. The minimum Gasteiger partial charge on any atom is -0.481 e. The summed E-state index contributed by atoms with van der Waals surface area (Å²) in [5.41, 5.74) is 0.819. The van der Waals surface area contributed by atoms with E-state index in [1.54, 1.807) is 13.0 Å². The molecule has 0 radical (unpaired) electrons. The summed E-state index contributed by atoms with van der Waals surface area (Å²) in [7, 11) is 0. The van der Waals surface area contributed by atoms with Crippen LogP contribution in [0.3, 0.4) is 0 Å². The first-order valence-corrected chi connectivity index (χ1v) is 5.90. The lowest BCUT2D eigenvalue weighted by Crippen LogP contribution is -2.24. The van der Waals surface area contributed by atoms with Crippen LogP contribution < -0.4 is 5.32 Å². The molecule has 2 unspecified atom stereocenters. The smallest absolute Gasteiger partial charge is 0.306 e. The molecular formula is C13H13NO6. The van der Waals surface area contributed by atoms with Crippen molar-refractivity contribution in [3.63, 3.8) is 0 Å². The quantitative estimate of drug-likeness (QED) is 0.575. The van der Waals surface area contributed by atoms with Crippen molar-refractivity contribution < 1.29 is 29.7 Å². The molecular weight excluding hydrogens is 266 g/mol. The summed E-state index contributed by atoms with van der Waals surface area (Å²) in [6.07, 6.45) is -3.79. The number of carbonyl (C=O) groups is 3. The minimum absolute atomic E-state index is 0.00746. The molecule has 7 heteroatoms. The van der Waals surface area contributed by atoms with Gasteiger partial charge in [0.15, 0.2) is 0 Å². The lowest BCUT2D eigenvalue weighted by molar-refractivity contribution is -0.141. The number of carboxylic acid groups (broad SMARTS) is 1. The topological polar surface area (TPSA) is 124 Å². The standard InChI is InChI=1S/C13H13NO6/c1-5-2-3-6-10(12(19)13(20)14-6)9(5)11(18)7(15)4-8(16)17/h2-3,7,11,15,18H,4H2,1H3,(H,16,17)(H,14,19,20). The van der Waals surface area contributed by atoms with Crippen LogP contribution in [-0.2, 0) is 9.59 Å². The van der Waals surface area contributed by atoms with Crippen LogP contribution in [0.2, 0.25) is 0 Å². The van der Waals surface area contributed by atoms with E-state index in [2.05, 4.69) is 5.32 Å². The molecule has 2 rings (SSSR count). The van der Waals surface area contributed by atoms with E-state index in [0.29, 0.717) is 5.56 Å². The van der Waals surface area contributed by atoms with Gasteiger partial charge < -0.3 is 20.6 Å². The second-order valence-electron chi connectivity index (χ2n) is 4.61. The van der Waals surface area contributed by atoms with E-state index in [-0.39, 0.29) is 16.8 Å². The first-order valence-electron chi connectivity index (χ1n) is 5.90. The van der Waals surface area contributed by atoms with Gasteiger partial charge in [-0.2, -0.15) is 0 Å². The van der Waals surface area contributed by atoms with Crippen LogP contribution in [0.1, 0.15) is 34.0 Å². The van der Waals surface area contributed by atoms with Gasteiger partial charge in [-0.3, -0.25) is 14.4 Å². The molecule has 0 bridgehead atoms. The predicted octanol–water partition coefficient (Wildman–Crippen LogP) is -0.00118. The van der Waals surface area contributed by atoms with Crippen molar-refractivity contribution >= 4 is 23.3 Å². The Morgan fingerprint density at radius 2 is 1.95 bits per heavy atom. The van der Waals surface area contributed by atoms with Crippen LogP contribution in [0.4, 0.5) is 5.69 Å². The van der Waals surface area contributed by atoms with Gasteiger partial charge in [-0.25, -0.2) is 0 Å². The van der Waals surface area contributed by atoms with Crippen LogP contribution in [-0.4, -0.2) is 39.1 Å². The Labute approximate surface area is 113 Å². The number of nitrogens with one attached hydrogen (secondary N) is 1. The molecule has 1 aliphatic rings. The lowest BCUT2D eigenvalue weighted by atomic mass is 9.91. The molecule has 0 saturated carbocycles. The lowest BCUT2D eigenvalue weighted by Gasteiger charge is -2.20. The van der Waals surface area contributed by atoms with Gasteiger partial charge in [0, 0.05) is 0 Å². The number of fused-ring (bicyclic) bond motifs is 1. The molecule has 7 nitrogen and oxygen atoms in total. The number of amides is 1. The number of carbonyl (C=O) groups excluding carboxylic acids is 2. The summed E-state index contributed by atoms with van der Waals surface area (Å²) in [5, 5.41) is 30.8. The average Bonchev–Trinajstić information content (AvgIpc) is 2.64. The molecule has 0 fully saturated rings. The van der Waals surface area contributed by atoms with E-state index in [1.165, 1.54) is 6.07 Å². The number of Topliss-reactive ketones (excluding diaryl/α,β-unsaturated/α-hetero) is 1. The minimum atomic E-state index is -1.57. The summed E-state index contributed by atoms with van der Waals surface area (Å²) in [6, 6.07) is 3.09. The monoisotopic (exact) mass is 279 g/mol. The normalized spacial score (nSPS) is 16.6.